The molecule has 2 aliphatic rings. The molecule has 1 saturated heterocycles. The fourth-order valence-corrected chi connectivity index (χ4v) is 6.22. The van der Waals surface area contributed by atoms with Crippen molar-refractivity contribution >= 4 is 29.1 Å². The molecule has 1 aromatic heterocycles. The van der Waals surface area contributed by atoms with Crippen LogP contribution in [-0.4, -0.2) is 68.5 Å². The zero-order valence-electron chi connectivity index (χ0n) is 22.0. The van der Waals surface area contributed by atoms with Crippen LogP contribution in [0.4, 0.5) is 4.39 Å². The van der Waals surface area contributed by atoms with Crippen molar-refractivity contribution in [1.29, 1.82) is 0 Å². The minimum absolute atomic E-state index is 0.135. The van der Waals surface area contributed by atoms with E-state index >= 15 is 4.39 Å². The highest BCUT2D eigenvalue weighted by atomic mass is 32.1. The third kappa shape index (κ3) is 5.06. The number of amides is 3. The summed E-state index contributed by atoms with van der Waals surface area (Å²) >= 11 is 1.55. The van der Waals surface area contributed by atoms with E-state index in [9.17, 15) is 19.5 Å². The van der Waals surface area contributed by atoms with Crippen LogP contribution in [0.25, 0.3) is 10.4 Å². The minimum Gasteiger partial charge on any atom is -0.388 e. The Hall–Kier alpha value is -3.63. The second kappa shape index (κ2) is 10.9. The molecule has 10 heteroatoms. The van der Waals surface area contributed by atoms with Gasteiger partial charge in [-0.2, -0.15) is 0 Å². The van der Waals surface area contributed by atoms with Crippen molar-refractivity contribution in [2.75, 3.05) is 6.54 Å². The Morgan fingerprint density at radius 1 is 1.18 bits per heavy atom. The summed E-state index contributed by atoms with van der Waals surface area (Å²) in [6, 6.07) is 12.4. The lowest BCUT2D eigenvalue weighted by atomic mass is 10.00. The Bertz CT molecular complexity index is 1390. The van der Waals surface area contributed by atoms with Gasteiger partial charge < -0.3 is 20.2 Å². The molecule has 0 aliphatic carbocycles. The smallest absolute Gasteiger partial charge is 0.255 e. The molecule has 1 fully saturated rings. The summed E-state index contributed by atoms with van der Waals surface area (Å²) in [5, 5.41) is 13.0. The molecule has 2 aliphatic heterocycles. The van der Waals surface area contributed by atoms with Gasteiger partial charge in [-0.25, -0.2) is 9.37 Å². The van der Waals surface area contributed by atoms with Crippen molar-refractivity contribution in [2.24, 2.45) is 5.92 Å². The first-order valence-electron chi connectivity index (χ1n) is 13.0. The molecule has 0 saturated carbocycles. The second-order valence-electron chi connectivity index (χ2n) is 10.4. The van der Waals surface area contributed by atoms with Crippen LogP contribution in [0.5, 0.6) is 0 Å². The highest BCUT2D eigenvalue weighted by Crippen LogP contribution is 2.31. The van der Waals surface area contributed by atoms with E-state index in [1.54, 1.807) is 29.0 Å². The fourth-order valence-electron chi connectivity index (χ4n) is 5.41. The average Bonchev–Trinajstić information content (AvgIpc) is 3.58. The predicted molar refractivity (Wildman–Crippen MR) is 145 cm³/mol. The number of likely N-dealkylation sites (tertiary alicyclic amines) is 1. The van der Waals surface area contributed by atoms with Gasteiger partial charge in [-0.1, -0.05) is 56.3 Å². The number of carbonyl (C=O) groups excluding carboxylic acids is 3. The van der Waals surface area contributed by atoms with Crippen molar-refractivity contribution in [3.05, 3.63) is 76.4 Å². The molecule has 3 amide bonds. The number of hydrogen-bond donors (Lipinski definition) is 2. The molecule has 0 unspecified atom stereocenters. The molecule has 3 heterocycles. The largest absolute Gasteiger partial charge is 0.388 e. The maximum atomic E-state index is 15.2. The van der Waals surface area contributed by atoms with Crippen LogP contribution < -0.4 is 5.32 Å². The minimum atomic E-state index is -1.94. The Labute approximate surface area is 230 Å². The summed E-state index contributed by atoms with van der Waals surface area (Å²) in [6.07, 6.45) is -3.43. The number of alkyl halides is 1. The number of β-amino-alcohol motifs (C(OH)–C–C–N with tert-alkyl or cyclic N) is 1. The Balaban J connectivity index is 1.30. The number of benzene rings is 2. The summed E-state index contributed by atoms with van der Waals surface area (Å²) in [5.74, 6) is -1.80. The number of aliphatic hydroxyl groups is 1. The fraction of sp³-hybridized carbons (Fsp3) is 0.379. The van der Waals surface area contributed by atoms with Gasteiger partial charge in [-0.05, 0) is 35.6 Å². The van der Waals surface area contributed by atoms with Gasteiger partial charge in [0, 0.05) is 18.7 Å². The summed E-state index contributed by atoms with van der Waals surface area (Å²) < 4.78 is 15.2. The lowest BCUT2D eigenvalue weighted by Gasteiger charge is -2.35. The van der Waals surface area contributed by atoms with E-state index in [2.05, 4.69) is 10.3 Å². The summed E-state index contributed by atoms with van der Waals surface area (Å²) in [7, 11) is 0. The van der Waals surface area contributed by atoms with E-state index in [4.69, 9.17) is 0 Å². The third-order valence-corrected chi connectivity index (χ3v) is 8.42. The Kier molecular flexibility index (Phi) is 7.51. The molecule has 39 heavy (non-hydrogen) atoms. The number of rotatable bonds is 7. The first kappa shape index (κ1) is 27.0. The lowest BCUT2D eigenvalue weighted by molar-refractivity contribution is -0.144. The zero-order chi connectivity index (χ0) is 27.8. The van der Waals surface area contributed by atoms with Crippen LogP contribution in [0.3, 0.4) is 0 Å². The number of halogens is 1. The van der Waals surface area contributed by atoms with Crippen LogP contribution in [0.15, 0.2) is 54.0 Å². The number of nitrogens with one attached hydrogen (secondary N) is 1. The SMILES string of the molecule is Cc1ncsc1-c1ccc(CNC(=O)[C@@H]2[C@@H](F)[C@@H](O)CN2C(=O)[C@H](C(C)C)N2Cc3ccccc3C2=O)cc1. The molecule has 204 valence electrons. The Morgan fingerprint density at radius 2 is 1.90 bits per heavy atom. The van der Waals surface area contributed by atoms with Crippen molar-refractivity contribution in [3.63, 3.8) is 0 Å². The van der Waals surface area contributed by atoms with E-state index in [1.165, 1.54) is 4.90 Å². The molecular weight excluding hydrogens is 519 g/mol. The molecule has 3 aromatic rings. The number of carbonyl (C=O) groups is 3. The average molecular weight is 551 g/mol. The first-order chi connectivity index (χ1) is 18.7. The van der Waals surface area contributed by atoms with Crippen LogP contribution >= 0.6 is 11.3 Å². The third-order valence-electron chi connectivity index (χ3n) is 7.44. The molecule has 0 bridgehead atoms. The van der Waals surface area contributed by atoms with Crippen LogP contribution in [0, 0.1) is 12.8 Å². The molecule has 2 N–H and O–H groups in total. The number of aryl methyl sites for hydroxylation is 1. The molecule has 2 aromatic carbocycles. The van der Waals surface area contributed by atoms with Gasteiger partial charge in [-0.15, -0.1) is 11.3 Å². The monoisotopic (exact) mass is 550 g/mol. The highest BCUT2D eigenvalue weighted by Gasteiger charge is 2.51. The predicted octanol–water partition coefficient (Wildman–Crippen LogP) is 3.33. The van der Waals surface area contributed by atoms with Crippen LogP contribution in [0.2, 0.25) is 0 Å². The lowest BCUT2D eigenvalue weighted by Crippen LogP contribution is -2.56. The highest BCUT2D eigenvalue weighted by molar-refractivity contribution is 7.13. The zero-order valence-corrected chi connectivity index (χ0v) is 22.8. The van der Waals surface area contributed by atoms with E-state index in [0.29, 0.717) is 5.56 Å². The number of thiazole rings is 1. The number of aliphatic hydroxyl groups excluding tert-OH is 1. The van der Waals surface area contributed by atoms with Gasteiger partial charge >= 0.3 is 0 Å². The number of fused-ring (bicyclic) bond motifs is 1. The van der Waals surface area contributed by atoms with Gasteiger partial charge in [0.1, 0.15) is 18.2 Å². The standard InChI is InChI=1S/C29H31FN4O4S/c1-16(2)24(33-13-20-6-4-5-7-21(20)28(33)37)29(38)34-14-22(35)23(30)25(34)27(36)31-12-18-8-10-19(11-9-18)26-17(3)32-15-39-26/h4-11,15-16,22-25,35H,12-14H2,1-3H3,(H,31,36)/t22-,23-,24-,25-/m0/s1. The number of hydrogen-bond acceptors (Lipinski definition) is 6. The quantitative estimate of drug-likeness (QED) is 0.470. The van der Waals surface area contributed by atoms with E-state index in [1.807, 2.05) is 57.2 Å². The topological polar surface area (TPSA) is 103 Å². The van der Waals surface area contributed by atoms with Crippen molar-refractivity contribution < 1.29 is 23.9 Å². The maximum absolute atomic E-state index is 15.2. The van der Waals surface area contributed by atoms with Gasteiger partial charge in [-0.3, -0.25) is 14.4 Å². The van der Waals surface area contributed by atoms with Crippen molar-refractivity contribution in [1.82, 2.24) is 20.1 Å². The summed E-state index contributed by atoms with van der Waals surface area (Å²) in [5.41, 5.74) is 5.91. The van der Waals surface area contributed by atoms with E-state index in [0.717, 1.165) is 32.2 Å². The van der Waals surface area contributed by atoms with Gasteiger partial charge in [0.25, 0.3) is 5.91 Å². The van der Waals surface area contributed by atoms with Crippen molar-refractivity contribution in [3.8, 4) is 10.4 Å². The van der Waals surface area contributed by atoms with Crippen molar-refractivity contribution in [2.45, 2.75) is 58.2 Å². The number of nitrogens with zero attached hydrogens (tertiary/aromatic N) is 3. The van der Waals surface area contributed by atoms with E-state index < -0.39 is 36.2 Å². The first-order valence-corrected chi connectivity index (χ1v) is 13.8. The summed E-state index contributed by atoms with van der Waals surface area (Å²) in [4.78, 5) is 48.1. The van der Waals surface area contributed by atoms with Crippen LogP contribution in [0.1, 0.15) is 41.0 Å². The number of aromatic nitrogens is 1. The molecular formula is C29H31FN4O4S. The van der Waals surface area contributed by atoms with Gasteiger partial charge in [0.15, 0.2) is 6.17 Å². The van der Waals surface area contributed by atoms with Gasteiger partial charge in [0.2, 0.25) is 11.8 Å². The maximum Gasteiger partial charge on any atom is 0.255 e. The van der Waals surface area contributed by atoms with E-state index in [-0.39, 0.29) is 31.5 Å². The summed E-state index contributed by atoms with van der Waals surface area (Å²) in [6.45, 7) is 5.63. The molecule has 5 rings (SSSR count). The van der Waals surface area contributed by atoms with Crippen LogP contribution in [-0.2, 0) is 22.7 Å². The molecule has 0 spiro atoms. The van der Waals surface area contributed by atoms with Gasteiger partial charge in [0.05, 0.1) is 22.6 Å². The molecule has 0 radical (unpaired) electrons. The molecule has 8 nitrogen and oxygen atoms in total. The Morgan fingerprint density at radius 3 is 2.54 bits per heavy atom. The normalized spacial score (nSPS) is 21.4. The second-order valence-corrected chi connectivity index (χ2v) is 11.3. The molecule has 4 atom stereocenters.